The van der Waals surface area contributed by atoms with E-state index in [0.29, 0.717) is 12.6 Å². The number of nitrogens with two attached hydrogens (primary N) is 1. The maximum atomic E-state index is 5.96. The fourth-order valence-electron chi connectivity index (χ4n) is 3.16. The van der Waals surface area contributed by atoms with Crippen molar-refractivity contribution in [1.29, 1.82) is 0 Å². The number of nitrogens with one attached hydrogen (secondary N) is 1. The van der Waals surface area contributed by atoms with Gasteiger partial charge in [0.25, 0.3) is 0 Å². The number of nitrogens with zero attached hydrogens (tertiary/aromatic N) is 3. The van der Waals surface area contributed by atoms with Gasteiger partial charge in [0.15, 0.2) is 0 Å². The molecule has 0 saturated heterocycles. The fourth-order valence-corrected chi connectivity index (χ4v) is 3.16. The van der Waals surface area contributed by atoms with Crippen molar-refractivity contribution in [2.45, 2.75) is 12.8 Å². The quantitative estimate of drug-likeness (QED) is 0.826. The van der Waals surface area contributed by atoms with Crippen molar-refractivity contribution in [2.24, 2.45) is 0 Å². The van der Waals surface area contributed by atoms with Crippen LogP contribution in [0.25, 0.3) is 0 Å². The highest BCUT2D eigenvalue weighted by atomic mass is 16.5. The Bertz CT molecular complexity index is 703. The van der Waals surface area contributed by atoms with E-state index >= 15 is 0 Å². The number of fused-ring (bicyclic) bond motifs is 2. The summed E-state index contributed by atoms with van der Waals surface area (Å²) >= 11 is 0. The van der Waals surface area contributed by atoms with Gasteiger partial charge in [-0.15, -0.1) is 0 Å². The minimum Gasteiger partial charge on any atom is -0.490 e. The van der Waals surface area contributed by atoms with Crippen LogP contribution in [-0.4, -0.2) is 36.2 Å². The van der Waals surface area contributed by atoms with E-state index in [1.54, 1.807) is 0 Å². The molecule has 0 bridgehead atoms. The predicted octanol–water partition coefficient (Wildman–Crippen LogP) is 1.28. The average molecular weight is 297 g/mol. The van der Waals surface area contributed by atoms with E-state index in [1.165, 1.54) is 5.56 Å². The van der Waals surface area contributed by atoms with Gasteiger partial charge in [-0.05, 0) is 25.1 Å². The summed E-state index contributed by atoms with van der Waals surface area (Å²) in [4.78, 5) is 11.2. The summed E-state index contributed by atoms with van der Waals surface area (Å²) < 4.78 is 5.75. The Kier molecular flexibility index (Phi) is 3.31. The van der Waals surface area contributed by atoms with Crippen molar-refractivity contribution >= 4 is 17.5 Å². The van der Waals surface area contributed by atoms with Gasteiger partial charge >= 0.3 is 0 Å². The Morgan fingerprint density at radius 1 is 1.14 bits per heavy atom. The molecule has 0 amide bonds. The van der Waals surface area contributed by atoms with Gasteiger partial charge in [-0.1, -0.05) is 12.1 Å². The molecule has 0 saturated carbocycles. The van der Waals surface area contributed by atoms with E-state index in [-0.39, 0.29) is 0 Å². The number of aromatic nitrogens is 2. The predicted molar refractivity (Wildman–Crippen MR) is 85.7 cm³/mol. The molecular weight excluding hydrogens is 278 g/mol. The SMILES string of the molecule is Nc1nc2c(c(N3CCOc4ccccc43)n1)CCNCC2. The second-order valence-corrected chi connectivity index (χ2v) is 5.55. The molecule has 1 aromatic carbocycles. The van der Waals surface area contributed by atoms with Crippen LogP contribution < -0.4 is 20.7 Å². The van der Waals surface area contributed by atoms with Gasteiger partial charge in [0.1, 0.15) is 18.2 Å². The van der Waals surface area contributed by atoms with Gasteiger partial charge in [0, 0.05) is 18.5 Å². The molecule has 2 aromatic rings. The van der Waals surface area contributed by atoms with Gasteiger partial charge in [-0.3, -0.25) is 0 Å². The van der Waals surface area contributed by atoms with Crippen LogP contribution in [0.15, 0.2) is 24.3 Å². The number of anilines is 3. The summed E-state index contributed by atoms with van der Waals surface area (Å²) in [5, 5.41) is 3.41. The first-order valence-corrected chi connectivity index (χ1v) is 7.68. The van der Waals surface area contributed by atoms with E-state index in [9.17, 15) is 0 Å². The molecule has 3 N–H and O–H groups in total. The van der Waals surface area contributed by atoms with Crippen LogP contribution in [0.3, 0.4) is 0 Å². The number of hydrogen-bond donors (Lipinski definition) is 2. The lowest BCUT2D eigenvalue weighted by Crippen LogP contribution is -2.31. The highest BCUT2D eigenvalue weighted by Crippen LogP contribution is 2.37. The smallest absolute Gasteiger partial charge is 0.222 e. The van der Waals surface area contributed by atoms with E-state index in [4.69, 9.17) is 10.5 Å². The maximum Gasteiger partial charge on any atom is 0.222 e. The van der Waals surface area contributed by atoms with Crippen molar-refractivity contribution in [1.82, 2.24) is 15.3 Å². The molecule has 0 radical (unpaired) electrons. The minimum atomic E-state index is 0.347. The standard InChI is InChI=1S/C16H19N5O/c17-16-19-12-6-8-18-7-5-11(12)15(20-16)21-9-10-22-14-4-2-1-3-13(14)21/h1-4,18H,5-10H2,(H2,17,19,20). The zero-order valence-electron chi connectivity index (χ0n) is 12.4. The van der Waals surface area contributed by atoms with Crippen molar-refractivity contribution in [3.05, 3.63) is 35.5 Å². The van der Waals surface area contributed by atoms with Crippen LogP contribution in [-0.2, 0) is 12.8 Å². The van der Waals surface area contributed by atoms with E-state index < -0.39 is 0 Å². The van der Waals surface area contributed by atoms with Crippen LogP contribution in [0.2, 0.25) is 0 Å². The number of ether oxygens (including phenoxy) is 1. The molecule has 4 rings (SSSR count). The third-order valence-electron chi connectivity index (χ3n) is 4.16. The molecular formula is C16H19N5O. The Balaban J connectivity index is 1.85. The van der Waals surface area contributed by atoms with E-state index in [2.05, 4.69) is 26.3 Å². The lowest BCUT2D eigenvalue weighted by Gasteiger charge is -2.32. The highest BCUT2D eigenvalue weighted by Gasteiger charge is 2.25. The number of para-hydroxylation sites is 2. The molecule has 3 heterocycles. The molecule has 22 heavy (non-hydrogen) atoms. The zero-order chi connectivity index (χ0) is 14.9. The normalized spacial score (nSPS) is 17.2. The molecule has 0 atom stereocenters. The van der Waals surface area contributed by atoms with E-state index in [1.807, 2.05) is 18.2 Å². The molecule has 0 spiro atoms. The first-order valence-electron chi connectivity index (χ1n) is 7.68. The molecule has 6 heteroatoms. The lowest BCUT2D eigenvalue weighted by molar-refractivity contribution is 0.313. The number of nitrogen functional groups attached to an aromatic ring is 1. The number of hydrogen-bond acceptors (Lipinski definition) is 6. The first kappa shape index (κ1) is 13.3. The molecule has 2 aliphatic heterocycles. The van der Waals surface area contributed by atoms with Crippen LogP contribution in [0.4, 0.5) is 17.5 Å². The van der Waals surface area contributed by atoms with Gasteiger partial charge in [-0.2, -0.15) is 4.98 Å². The Morgan fingerprint density at radius 2 is 2.00 bits per heavy atom. The molecule has 1 aromatic heterocycles. The van der Waals surface area contributed by atoms with Crippen LogP contribution in [0.1, 0.15) is 11.3 Å². The fraction of sp³-hybridized carbons (Fsp3) is 0.375. The Hall–Kier alpha value is -2.34. The summed E-state index contributed by atoms with van der Waals surface area (Å²) in [5.74, 6) is 2.17. The van der Waals surface area contributed by atoms with Crippen molar-refractivity contribution in [2.75, 3.05) is 36.9 Å². The van der Waals surface area contributed by atoms with Gasteiger partial charge in [0.05, 0.1) is 17.9 Å². The second kappa shape index (κ2) is 5.46. The van der Waals surface area contributed by atoms with E-state index in [0.717, 1.165) is 55.4 Å². The van der Waals surface area contributed by atoms with Gasteiger partial charge < -0.3 is 20.7 Å². The second-order valence-electron chi connectivity index (χ2n) is 5.55. The van der Waals surface area contributed by atoms with Crippen molar-refractivity contribution in [3.63, 3.8) is 0 Å². The topological polar surface area (TPSA) is 76.3 Å². The third-order valence-corrected chi connectivity index (χ3v) is 4.16. The van der Waals surface area contributed by atoms with Gasteiger partial charge in [-0.25, -0.2) is 4.98 Å². The summed E-state index contributed by atoms with van der Waals surface area (Å²) in [7, 11) is 0. The van der Waals surface area contributed by atoms with Crippen molar-refractivity contribution in [3.8, 4) is 5.75 Å². The third kappa shape index (κ3) is 2.25. The largest absolute Gasteiger partial charge is 0.490 e. The van der Waals surface area contributed by atoms with Crippen LogP contribution in [0, 0.1) is 0 Å². The molecule has 6 nitrogen and oxygen atoms in total. The monoisotopic (exact) mass is 297 g/mol. The summed E-state index contributed by atoms with van der Waals surface area (Å²) in [5.41, 5.74) is 9.28. The Labute approximate surface area is 129 Å². The summed E-state index contributed by atoms with van der Waals surface area (Å²) in [6, 6.07) is 8.06. The molecule has 0 unspecified atom stereocenters. The number of rotatable bonds is 1. The summed E-state index contributed by atoms with van der Waals surface area (Å²) in [6.07, 6.45) is 1.81. The first-order chi connectivity index (χ1) is 10.8. The van der Waals surface area contributed by atoms with Crippen LogP contribution in [0.5, 0.6) is 5.75 Å². The molecule has 114 valence electrons. The molecule has 0 fully saturated rings. The van der Waals surface area contributed by atoms with Gasteiger partial charge in [0.2, 0.25) is 5.95 Å². The lowest BCUT2D eigenvalue weighted by atomic mass is 10.1. The molecule has 2 aliphatic rings. The Morgan fingerprint density at radius 3 is 2.95 bits per heavy atom. The maximum absolute atomic E-state index is 5.96. The van der Waals surface area contributed by atoms with Crippen molar-refractivity contribution < 1.29 is 4.74 Å². The molecule has 0 aliphatic carbocycles. The summed E-state index contributed by atoms with van der Waals surface area (Å²) in [6.45, 7) is 3.29. The van der Waals surface area contributed by atoms with Crippen LogP contribution >= 0.6 is 0 Å². The average Bonchev–Trinajstić information content (AvgIpc) is 2.79. The highest BCUT2D eigenvalue weighted by molar-refractivity contribution is 5.71. The minimum absolute atomic E-state index is 0.347. The number of benzene rings is 1. The zero-order valence-corrected chi connectivity index (χ0v) is 12.4.